The molecular weight excluding hydrogens is 296 g/mol. The van der Waals surface area contributed by atoms with Gasteiger partial charge in [0.15, 0.2) is 0 Å². The maximum absolute atomic E-state index is 11.8. The molecule has 2 N–H and O–H groups in total. The molecule has 18 heavy (non-hydrogen) atoms. The fourth-order valence-corrected chi connectivity index (χ4v) is 1.79. The Balaban J connectivity index is 2.38. The number of hydrogen-bond acceptors (Lipinski definition) is 3. The van der Waals surface area contributed by atoms with Crippen molar-refractivity contribution in [1.82, 2.24) is 4.90 Å². The predicted molar refractivity (Wildman–Crippen MR) is 75.5 cm³/mol. The Morgan fingerprint density at radius 3 is 2.78 bits per heavy atom. The van der Waals surface area contributed by atoms with E-state index in [1.807, 2.05) is 31.2 Å². The zero-order chi connectivity index (χ0) is 13.5. The standard InChI is InChI=1S/C13H19BrN2O2/c1-10(9-15)16(2)13(17)7-8-18-12-6-4-3-5-11(12)14/h3-6,10H,7-9,15H2,1-2H3. The van der Waals surface area contributed by atoms with E-state index in [4.69, 9.17) is 10.5 Å². The van der Waals surface area contributed by atoms with Gasteiger partial charge in [-0.05, 0) is 35.0 Å². The molecule has 0 spiro atoms. The summed E-state index contributed by atoms with van der Waals surface area (Å²) in [7, 11) is 1.76. The first kappa shape index (κ1) is 15.0. The summed E-state index contributed by atoms with van der Waals surface area (Å²) < 4.78 is 6.44. The first-order valence-corrected chi connectivity index (χ1v) is 6.68. The maximum atomic E-state index is 11.8. The van der Waals surface area contributed by atoms with Gasteiger partial charge in [-0.1, -0.05) is 12.1 Å². The molecule has 1 amide bonds. The summed E-state index contributed by atoms with van der Waals surface area (Å²) in [6.45, 7) is 2.75. The van der Waals surface area contributed by atoms with Crippen LogP contribution in [-0.4, -0.2) is 37.0 Å². The number of halogens is 1. The number of carbonyl (C=O) groups excluding carboxylic acids is 1. The van der Waals surface area contributed by atoms with Crippen LogP contribution >= 0.6 is 15.9 Å². The number of ether oxygens (including phenoxy) is 1. The van der Waals surface area contributed by atoms with Crippen LogP contribution in [0.3, 0.4) is 0 Å². The average molecular weight is 315 g/mol. The molecule has 4 nitrogen and oxygen atoms in total. The predicted octanol–water partition coefficient (Wildman–Crippen LogP) is 2.02. The summed E-state index contributed by atoms with van der Waals surface area (Å²) in [6.07, 6.45) is 0.349. The number of likely N-dealkylation sites (N-methyl/N-ethyl adjacent to an activating group) is 1. The second-order valence-electron chi connectivity index (χ2n) is 4.12. The molecule has 0 saturated carbocycles. The Hall–Kier alpha value is -1.07. The highest BCUT2D eigenvalue weighted by molar-refractivity contribution is 9.10. The molecule has 0 heterocycles. The molecule has 1 unspecified atom stereocenters. The maximum Gasteiger partial charge on any atom is 0.226 e. The van der Waals surface area contributed by atoms with Crippen molar-refractivity contribution < 1.29 is 9.53 Å². The Morgan fingerprint density at radius 2 is 2.17 bits per heavy atom. The van der Waals surface area contributed by atoms with Crippen molar-refractivity contribution in [2.75, 3.05) is 20.2 Å². The number of nitrogens with two attached hydrogens (primary N) is 1. The van der Waals surface area contributed by atoms with Crippen LogP contribution in [0.15, 0.2) is 28.7 Å². The minimum absolute atomic E-state index is 0.0417. The van der Waals surface area contributed by atoms with E-state index < -0.39 is 0 Å². The molecule has 5 heteroatoms. The number of para-hydroxylation sites is 1. The first-order chi connectivity index (χ1) is 8.56. The van der Waals surface area contributed by atoms with E-state index in [9.17, 15) is 4.79 Å². The van der Waals surface area contributed by atoms with Gasteiger partial charge in [0.1, 0.15) is 5.75 Å². The fourth-order valence-electron chi connectivity index (χ4n) is 1.39. The monoisotopic (exact) mass is 314 g/mol. The molecule has 0 aromatic heterocycles. The number of amides is 1. The van der Waals surface area contributed by atoms with E-state index in [0.717, 1.165) is 10.2 Å². The normalized spacial score (nSPS) is 12.0. The molecule has 0 bridgehead atoms. The van der Waals surface area contributed by atoms with Crippen molar-refractivity contribution in [3.05, 3.63) is 28.7 Å². The second kappa shape index (κ2) is 7.38. The lowest BCUT2D eigenvalue weighted by Crippen LogP contribution is -2.40. The summed E-state index contributed by atoms with van der Waals surface area (Å²) in [5, 5.41) is 0. The van der Waals surface area contributed by atoms with E-state index in [0.29, 0.717) is 19.6 Å². The van der Waals surface area contributed by atoms with Crippen LogP contribution < -0.4 is 10.5 Å². The van der Waals surface area contributed by atoms with Crippen LogP contribution in [0.1, 0.15) is 13.3 Å². The van der Waals surface area contributed by atoms with Crippen molar-refractivity contribution in [1.29, 1.82) is 0 Å². The van der Waals surface area contributed by atoms with Crippen LogP contribution in [0.2, 0.25) is 0 Å². The van der Waals surface area contributed by atoms with E-state index in [2.05, 4.69) is 15.9 Å². The summed E-state index contributed by atoms with van der Waals surface area (Å²) >= 11 is 3.39. The second-order valence-corrected chi connectivity index (χ2v) is 4.97. The zero-order valence-corrected chi connectivity index (χ0v) is 12.3. The highest BCUT2D eigenvalue weighted by Gasteiger charge is 2.14. The van der Waals surface area contributed by atoms with Crippen LogP contribution in [-0.2, 0) is 4.79 Å². The number of rotatable bonds is 6. The van der Waals surface area contributed by atoms with Crippen molar-refractivity contribution in [3.63, 3.8) is 0 Å². The third-order valence-corrected chi connectivity index (χ3v) is 3.46. The van der Waals surface area contributed by atoms with Crippen molar-refractivity contribution in [2.24, 2.45) is 5.73 Å². The molecule has 0 aliphatic carbocycles. The van der Waals surface area contributed by atoms with Crippen molar-refractivity contribution in [2.45, 2.75) is 19.4 Å². The van der Waals surface area contributed by atoms with Gasteiger partial charge in [0.05, 0.1) is 17.5 Å². The Kier molecular flexibility index (Phi) is 6.15. The SMILES string of the molecule is CC(CN)N(C)C(=O)CCOc1ccccc1Br. The molecule has 0 aliphatic rings. The van der Waals surface area contributed by atoms with Gasteiger partial charge in [-0.2, -0.15) is 0 Å². The molecular formula is C13H19BrN2O2. The molecule has 0 saturated heterocycles. The fraction of sp³-hybridized carbons (Fsp3) is 0.462. The number of benzene rings is 1. The summed E-state index contributed by atoms with van der Waals surface area (Å²) in [4.78, 5) is 13.5. The Labute approximate surface area is 116 Å². The third-order valence-electron chi connectivity index (χ3n) is 2.81. The van der Waals surface area contributed by atoms with Gasteiger partial charge in [0.25, 0.3) is 0 Å². The molecule has 0 radical (unpaired) electrons. The van der Waals surface area contributed by atoms with Crippen LogP contribution in [0, 0.1) is 0 Å². The lowest BCUT2D eigenvalue weighted by molar-refractivity contribution is -0.132. The van der Waals surface area contributed by atoms with Gasteiger partial charge >= 0.3 is 0 Å². The molecule has 1 atom stereocenters. The van der Waals surface area contributed by atoms with E-state index >= 15 is 0 Å². The van der Waals surface area contributed by atoms with Gasteiger partial charge in [-0.25, -0.2) is 0 Å². The van der Waals surface area contributed by atoms with E-state index in [1.165, 1.54) is 0 Å². The highest BCUT2D eigenvalue weighted by atomic mass is 79.9. The smallest absolute Gasteiger partial charge is 0.226 e. The first-order valence-electron chi connectivity index (χ1n) is 5.89. The summed E-state index contributed by atoms with van der Waals surface area (Å²) in [6, 6.07) is 7.63. The quantitative estimate of drug-likeness (QED) is 0.874. The molecule has 0 aliphatic heterocycles. The largest absolute Gasteiger partial charge is 0.492 e. The Morgan fingerprint density at radius 1 is 1.50 bits per heavy atom. The number of nitrogens with zero attached hydrogens (tertiary/aromatic N) is 1. The minimum Gasteiger partial charge on any atom is -0.492 e. The lowest BCUT2D eigenvalue weighted by Gasteiger charge is -2.23. The topological polar surface area (TPSA) is 55.6 Å². The molecule has 1 rings (SSSR count). The average Bonchev–Trinajstić information content (AvgIpc) is 2.39. The van der Waals surface area contributed by atoms with Crippen LogP contribution in [0.5, 0.6) is 5.75 Å². The lowest BCUT2D eigenvalue weighted by atomic mass is 10.2. The van der Waals surface area contributed by atoms with Crippen molar-refractivity contribution >= 4 is 21.8 Å². The van der Waals surface area contributed by atoms with Gasteiger partial charge in [0.2, 0.25) is 5.91 Å². The number of carbonyl (C=O) groups is 1. The van der Waals surface area contributed by atoms with Crippen molar-refractivity contribution in [3.8, 4) is 5.75 Å². The Bertz CT molecular complexity index is 398. The molecule has 0 fully saturated rings. The summed E-state index contributed by atoms with van der Waals surface area (Å²) in [5.74, 6) is 0.792. The van der Waals surface area contributed by atoms with Gasteiger partial charge in [0, 0.05) is 19.6 Å². The zero-order valence-electron chi connectivity index (χ0n) is 10.7. The molecule has 100 valence electrons. The van der Waals surface area contributed by atoms with Crippen LogP contribution in [0.4, 0.5) is 0 Å². The van der Waals surface area contributed by atoms with Gasteiger partial charge in [-0.15, -0.1) is 0 Å². The van der Waals surface area contributed by atoms with Gasteiger partial charge < -0.3 is 15.4 Å². The molecule has 1 aromatic carbocycles. The number of hydrogen-bond donors (Lipinski definition) is 1. The minimum atomic E-state index is 0.0417. The summed E-state index contributed by atoms with van der Waals surface area (Å²) in [5.41, 5.74) is 5.52. The molecule has 1 aromatic rings. The van der Waals surface area contributed by atoms with E-state index in [-0.39, 0.29) is 11.9 Å². The van der Waals surface area contributed by atoms with E-state index in [1.54, 1.807) is 11.9 Å². The third kappa shape index (κ3) is 4.31. The van der Waals surface area contributed by atoms with Crippen LogP contribution in [0.25, 0.3) is 0 Å². The van der Waals surface area contributed by atoms with Gasteiger partial charge in [-0.3, -0.25) is 4.79 Å². The highest BCUT2D eigenvalue weighted by Crippen LogP contribution is 2.23.